The van der Waals surface area contributed by atoms with Gasteiger partial charge in [-0.05, 0) is 19.9 Å². The molecule has 2 aromatic heterocycles. The molecule has 3 rings (SSSR count). The van der Waals surface area contributed by atoms with E-state index in [-0.39, 0.29) is 24.4 Å². The molecule has 1 N–H and O–H groups in total. The van der Waals surface area contributed by atoms with Gasteiger partial charge in [0.2, 0.25) is 0 Å². The molecular formula is C17H18F2N6O3. The Morgan fingerprint density at radius 3 is 2.82 bits per heavy atom. The summed E-state index contributed by atoms with van der Waals surface area (Å²) in [7, 11) is 0. The quantitative estimate of drug-likeness (QED) is 0.607. The van der Waals surface area contributed by atoms with Crippen LogP contribution in [0, 0.1) is 11.6 Å². The number of carbonyl (C=O) groups is 1. The molecule has 3 aromatic rings. The number of benzene rings is 1. The number of ether oxygens (including phenoxy) is 1. The second-order valence-corrected chi connectivity index (χ2v) is 6.12. The van der Waals surface area contributed by atoms with Crippen LogP contribution in [0.5, 0.6) is 0 Å². The summed E-state index contributed by atoms with van der Waals surface area (Å²) in [5, 5.41) is 23.0. The summed E-state index contributed by atoms with van der Waals surface area (Å²) < 4.78 is 35.3. The Labute approximate surface area is 158 Å². The number of esters is 1. The Morgan fingerprint density at radius 1 is 1.39 bits per heavy atom. The average molecular weight is 392 g/mol. The first-order chi connectivity index (χ1) is 13.3. The van der Waals surface area contributed by atoms with Crippen LogP contribution in [0.15, 0.2) is 37.1 Å². The van der Waals surface area contributed by atoms with E-state index in [1.54, 1.807) is 13.8 Å². The van der Waals surface area contributed by atoms with E-state index in [0.717, 1.165) is 12.1 Å². The minimum Gasteiger partial charge on any atom is -0.461 e. The Hall–Kier alpha value is -3.21. The molecule has 11 heteroatoms. The first-order valence-electron chi connectivity index (χ1n) is 8.44. The lowest BCUT2D eigenvalue weighted by Crippen LogP contribution is -2.41. The van der Waals surface area contributed by atoms with Crippen LogP contribution in [0.2, 0.25) is 0 Å². The van der Waals surface area contributed by atoms with Gasteiger partial charge >= 0.3 is 5.97 Å². The van der Waals surface area contributed by atoms with Gasteiger partial charge in [-0.15, -0.1) is 5.10 Å². The smallest absolute Gasteiger partial charge is 0.360 e. The monoisotopic (exact) mass is 392 g/mol. The zero-order valence-corrected chi connectivity index (χ0v) is 15.2. The number of hydrogen-bond acceptors (Lipinski definition) is 7. The maximum atomic E-state index is 14.5. The third-order valence-corrected chi connectivity index (χ3v) is 4.35. The predicted molar refractivity (Wildman–Crippen MR) is 91.0 cm³/mol. The fourth-order valence-electron chi connectivity index (χ4n) is 2.83. The SMILES string of the molecule is CCOC(=O)c1cn(C(C)C(O)(Cn2cncn2)c2ccc(F)cc2F)nn1. The second kappa shape index (κ2) is 7.80. The summed E-state index contributed by atoms with van der Waals surface area (Å²) in [4.78, 5) is 15.6. The van der Waals surface area contributed by atoms with Crippen molar-refractivity contribution >= 4 is 5.97 Å². The number of rotatable bonds is 7. The fourth-order valence-corrected chi connectivity index (χ4v) is 2.83. The summed E-state index contributed by atoms with van der Waals surface area (Å²) in [6.45, 7) is 3.17. The van der Waals surface area contributed by atoms with Crippen LogP contribution in [0.3, 0.4) is 0 Å². The van der Waals surface area contributed by atoms with E-state index in [9.17, 15) is 18.7 Å². The van der Waals surface area contributed by atoms with Gasteiger partial charge in [-0.2, -0.15) is 5.10 Å². The maximum absolute atomic E-state index is 14.5. The molecule has 0 saturated heterocycles. The van der Waals surface area contributed by atoms with Gasteiger partial charge < -0.3 is 9.84 Å². The van der Waals surface area contributed by atoms with Gasteiger partial charge in [0, 0.05) is 11.6 Å². The summed E-state index contributed by atoms with van der Waals surface area (Å²) in [5.74, 6) is -2.38. The van der Waals surface area contributed by atoms with Crippen molar-refractivity contribution in [1.29, 1.82) is 0 Å². The van der Waals surface area contributed by atoms with E-state index in [1.165, 1.54) is 28.2 Å². The highest BCUT2D eigenvalue weighted by Gasteiger charge is 2.41. The summed E-state index contributed by atoms with van der Waals surface area (Å²) in [6, 6.07) is 1.97. The summed E-state index contributed by atoms with van der Waals surface area (Å²) >= 11 is 0. The molecule has 0 radical (unpaired) electrons. The molecule has 2 heterocycles. The topological polar surface area (TPSA) is 108 Å². The molecule has 0 aliphatic rings. The van der Waals surface area contributed by atoms with Crippen LogP contribution in [-0.2, 0) is 16.9 Å². The molecule has 9 nitrogen and oxygen atoms in total. The molecule has 0 amide bonds. The van der Waals surface area contributed by atoms with Crippen molar-refractivity contribution in [2.45, 2.75) is 32.0 Å². The van der Waals surface area contributed by atoms with E-state index in [0.29, 0.717) is 6.07 Å². The van der Waals surface area contributed by atoms with Gasteiger partial charge in [-0.25, -0.2) is 27.9 Å². The maximum Gasteiger partial charge on any atom is 0.360 e. The zero-order chi connectivity index (χ0) is 20.3. The average Bonchev–Trinajstić information content (AvgIpc) is 3.33. The normalized spacial score (nSPS) is 14.5. The first kappa shape index (κ1) is 19.5. The van der Waals surface area contributed by atoms with Gasteiger partial charge in [0.1, 0.15) is 29.9 Å². The lowest BCUT2D eigenvalue weighted by atomic mass is 9.86. The van der Waals surface area contributed by atoms with Gasteiger partial charge in [0.15, 0.2) is 5.69 Å². The van der Waals surface area contributed by atoms with Crippen molar-refractivity contribution < 1.29 is 23.4 Å². The van der Waals surface area contributed by atoms with Crippen molar-refractivity contribution in [2.24, 2.45) is 0 Å². The fraction of sp³-hybridized carbons (Fsp3) is 0.353. The van der Waals surface area contributed by atoms with Crippen LogP contribution in [0.1, 0.15) is 35.9 Å². The van der Waals surface area contributed by atoms with Crippen LogP contribution in [0.25, 0.3) is 0 Å². The van der Waals surface area contributed by atoms with Crippen molar-refractivity contribution in [3.63, 3.8) is 0 Å². The predicted octanol–water partition coefficient (Wildman–Crippen LogP) is 1.47. The van der Waals surface area contributed by atoms with Crippen molar-refractivity contribution in [3.05, 3.63) is 59.9 Å². The van der Waals surface area contributed by atoms with Gasteiger partial charge in [-0.3, -0.25) is 0 Å². The summed E-state index contributed by atoms with van der Waals surface area (Å²) in [6.07, 6.45) is 3.90. The molecule has 2 unspecified atom stereocenters. The molecule has 148 valence electrons. The summed E-state index contributed by atoms with van der Waals surface area (Å²) in [5.41, 5.74) is -2.13. The van der Waals surface area contributed by atoms with E-state index in [4.69, 9.17) is 4.74 Å². The Kier molecular flexibility index (Phi) is 5.45. The standard InChI is InChI=1S/C17H18F2N6O3/c1-3-28-16(26)15-7-25(23-22-15)11(2)17(27,8-24-10-20-9-21-24)13-5-4-12(18)6-14(13)19/h4-7,9-11,27H,3,8H2,1-2H3. The highest BCUT2D eigenvalue weighted by atomic mass is 19.1. The molecule has 0 fully saturated rings. The van der Waals surface area contributed by atoms with E-state index in [2.05, 4.69) is 20.4 Å². The van der Waals surface area contributed by atoms with Crippen molar-refractivity contribution in [3.8, 4) is 0 Å². The number of carbonyl (C=O) groups excluding carboxylic acids is 1. The van der Waals surface area contributed by atoms with E-state index < -0.39 is 29.2 Å². The Balaban J connectivity index is 2.02. The van der Waals surface area contributed by atoms with Crippen molar-refractivity contribution in [1.82, 2.24) is 29.8 Å². The van der Waals surface area contributed by atoms with Gasteiger partial charge in [0.05, 0.1) is 25.4 Å². The molecule has 2 atom stereocenters. The molecule has 0 bridgehead atoms. The van der Waals surface area contributed by atoms with Crippen LogP contribution in [0.4, 0.5) is 8.78 Å². The largest absolute Gasteiger partial charge is 0.461 e. The lowest BCUT2D eigenvalue weighted by molar-refractivity contribution is -0.0374. The molecule has 0 saturated carbocycles. The molecule has 1 aromatic carbocycles. The Morgan fingerprint density at radius 2 is 2.18 bits per heavy atom. The van der Waals surface area contributed by atoms with Crippen LogP contribution < -0.4 is 0 Å². The molecule has 0 aliphatic heterocycles. The molecule has 0 aliphatic carbocycles. The minimum absolute atomic E-state index is 0.0589. The van der Waals surface area contributed by atoms with E-state index in [1.807, 2.05) is 0 Å². The zero-order valence-electron chi connectivity index (χ0n) is 15.2. The number of halogens is 2. The van der Waals surface area contributed by atoms with Crippen LogP contribution in [-0.4, -0.2) is 47.4 Å². The highest BCUT2D eigenvalue weighted by Crippen LogP contribution is 2.36. The molecule has 0 spiro atoms. The second-order valence-electron chi connectivity index (χ2n) is 6.12. The molecule has 28 heavy (non-hydrogen) atoms. The Bertz CT molecular complexity index is 962. The third kappa shape index (κ3) is 3.74. The molecular weight excluding hydrogens is 374 g/mol. The first-order valence-corrected chi connectivity index (χ1v) is 8.44. The number of aromatic nitrogens is 6. The van der Waals surface area contributed by atoms with Gasteiger partial charge in [0.25, 0.3) is 0 Å². The van der Waals surface area contributed by atoms with Crippen LogP contribution >= 0.6 is 0 Å². The van der Waals surface area contributed by atoms with Gasteiger partial charge in [-0.1, -0.05) is 11.3 Å². The van der Waals surface area contributed by atoms with Crippen molar-refractivity contribution in [2.75, 3.05) is 6.61 Å². The number of hydrogen-bond donors (Lipinski definition) is 1. The number of nitrogens with zero attached hydrogens (tertiary/aromatic N) is 6. The third-order valence-electron chi connectivity index (χ3n) is 4.35. The van der Waals surface area contributed by atoms with E-state index >= 15 is 0 Å². The highest BCUT2D eigenvalue weighted by molar-refractivity contribution is 5.86. The number of aliphatic hydroxyl groups is 1. The lowest BCUT2D eigenvalue weighted by Gasteiger charge is -2.34. The minimum atomic E-state index is -1.91.